The van der Waals surface area contributed by atoms with E-state index in [1.54, 1.807) is 0 Å². The minimum absolute atomic E-state index is 0.0516. The highest BCUT2D eigenvalue weighted by Crippen LogP contribution is 2.20. The smallest absolute Gasteiger partial charge is 0.0448 e. The molecule has 17 heavy (non-hydrogen) atoms. The van der Waals surface area contributed by atoms with Crippen molar-refractivity contribution in [2.24, 2.45) is 0 Å². The molecule has 0 saturated heterocycles. The summed E-state index contributed by atoms with van der Waals surface area (Å²) in [7, 11) is 2.12. The van der Waals surface area contributed by atoms with Gasteiger partial charge in [-0.15, -0.1) is 0 Å². The highest BCUT2D eigenvalue weighted by molar-refractivity contribution is 9.10. The molecule has 0 spiro atoms. The number of halogens is 1. The number of aliphatic hydroxyl groups is 1. The van der Waals surface area contributed by atoms with Gasteiger partial charge in [-0.05, 0) is 45.4 Å². The lowest BCUT2D eigenvalue weighted by molar-refractivity contribution is 0.117. The highest BCUT2D eigenvalue weighted by Gasteiger charge is 2.22. The van der Waals surface area contributed by atoms with E-state index in [0.717, 1.165) is 19.4 Å². The Morgan fingerprint density at radius 2 is 1.94 bits per heavy atom. The van der Waals surface area contributed by atoms with Crippen LogP contribution >= 0.6 is 15.9 Å². The Hall–Kier alpha value is -0.380. The van der Waals surface area contributed by atoms with Gasteiger partial charge in [0.2, 0.25) is 0 Å². The van der Waals surface area contributed by atoms with Crippen molar-refractivity contribution in [3.8, 4) is 0 Å². The first kappa shape index (κ1) is 14.7. The maximum absolute atomic E-state index is 9.05. The van der Waals surface area contributed by atoms with Crippen molar-refractivity contribution in [3.63, 3.8) is 0 Å². The van der Waals surface area contributed by atoms with E-state index in [4.69, 9.17) is 5.11 Å². The summed E-state index contributed by atoms with van der Waals surface area (Å²) in [6, 6.07) is 8.33. The van der Waals surface area contributed by atoms with Gasteiger partial charge in [0.25, 0.3) is 0 Å². The average Bonchev–Trinajstić information content (AvgIpc) is 2.27. The first-order valence-electron chi connectivity index (χ1n) is 6.03. The van der Waals surface area contributed by atoms with Crippen molar-refractivity contribution in [1.82, 2.24) is 4.90 Å². The molecule has 1 rings (SSSR count). The molecule has 0 bridgehead atoms. The molecular weight excluding hydrogens is 278 g/mol. The lowest BCUT2D eigenvalue weighted by Gasteiger charge is -2.35. The third-order valence-corrected chi connectivity index (χ3v) is 4.20. The van der Waals surface area contributed by atoms with Crippen LogP contribution in [0.2, 0.25) is 0 Å². The molecule has 0 unspecified atom stereocenters. The average molecular weight is 300 g/mol. The maximum atomic E-state index is 9.05. The number of likely N-dealkylation sites (N-methyl/N-ethyl adjacent to an activating group) is 1. The van der Waals surface area contributed by atoms with Crippen LogP contribution in [0.4, 0.5) is 0 Å². The summed E-state index contributed by atoms with van der Waals surface area (Å²) >= 11 is 3.57. The molecule has 0 aliphatic heterocycles. The van der Waals surface area contributed by atoms with Crippen LogP contribution < -0.4 is 0 Å². The van der Waals surface area contributed by atoms with Gasteiger partial charge in [0.1, 0.15) is 0 Å². The molecule has 1 N–H and O–H groups in total. The monoisotopic (exact) mass is 299 g/mol. The number of hydrogen-bond donors (Lipinski definition) is 1. The normalized spacial score (nSPS) is 12.1. The van der Waals surface area contributed by atoms with Crippen molar-refractivity contribution in [2.75, 3.05) is 20.2 Å². The Kier molecular flexibility index (Phi) is 5.63. The molecular formula is C14H22BrNO. The molecule has 0 amide bonds. The van der Waals surface area contributed by atoms with E-state index in [1.165, 1.54) is 10.0 Å². The Balaban J connectivity index is 2.54. The fraction of sp³-hybridized carbons (Fsp3) is 0.571. The molecule has 0 heterocycles. The molecule has 1 aromatic rings. The van der Waals surface area contributed by atoms with Crippen molar-refractivity contribution >= 4 is 15.9 Å². The Morgan fingerprint density at radius 1 is 1.29 bits per heavy atom. The third kappa shape index (κ3) is 4.41. The zero-order valence-electron chi connectivity index (χ0n) is 10.9. The molecule has 96 valence electrons. The van der Waals surface area contributed by atoms with Gasteiger partial charge in [-0.25, -0.2) is 0 Å². The number of benzene rings is 1. The van der Waals surface area contributed by atoms with Crippen molar-refractivity contribution in [2.45, 2.75) is 32.2 Å². The van der Waals surface area contributed by atoms with Crippen molar-refractivity contribution < 1.29 is 5.11 Å². The van der Waals surface area contributed by atoms with Gasteiger partial charge in [0, 0.05) is 23.2 Å². The second-order valence-corrected chi connectivity index (χ2v) is 5.90. The predicted molar refractivity (Wildman–Crippen MR) is 76.3 cm³/mol. The fourth-order valence-corrected chi connectivity index (χ4v) is 2.24. The lowest BCUT2D eigenvalue weighted by Crippen LogP contribution is -2.42. The summed E-state index contributed by atoms with van der Waals surface area (Å²) in [5, 5.41) is 9.05. The summed E-state index contributed by atoms with van der Waals surface area (Å²) in [4.78, 5) is 2.31. The fourth-order valence-electron chi connectivity index (χ4n) is 1.76. The van der Waals surface area contributed by atoms with Crippen LogP contribution in [0.25, 0.3) is 0 Å². The van der Waals surface area contributed by atoms with Gasteiger partial charge < -0.3 is 10.0 Å². The number of hydrogen-bond acceptors (Lipinski definition) is 2. The second-order valence-electron chi connectivity index (χ2n) is 5.05. The van der Waals surface area contributed by atoms with Crippen molar-refractivity contribution in [3.05, 3.63) is 34.3 Å². The Bertz CT molecular complexity index is 352. The van der Waals surface area contributed by atoms with E-state index in [1.807, 2.05) is 6.07 Å². The van der Waals surface area contributed by atoms with E-state index < -0.39 is 0 Å². The van der Waals surface area contributed by atoms with E-state index in [9.17, 15) is 0 Å². The van der Waals surface area contributed by atoms with E-state index >= 15 is 0 Å². The van der Waals surface area contributed by atoms with Gasteiger partial charge >= 0.3 is 0 Å². The lowest BCUT2D eigenvalue weighted by atomic mass is 9.98. The highest BCUT2D eigenvalue weighted by atomic mass is 79.9. The summed E-state index contributed by atoms with van der Waals surface area (Å²) in [5.74, 6) is 0. The molecule has 0 saturated carbocycles. The molecule has 0 aromatic heterocycles. The molecule has 2 nitrogen and oxygen atoms in total. The first-order chi connectivity index (χ1) is 7.97. The van der Waals surface area contributed by atoms with Crippen LogP contribution in [0.1, 0.15) is 25.8 Å². The van der Waals surface area contributed by atoms with Gasteiger partial charge in [0.15, 0.2) is 0 Å². The molecule has 0 fully saturated rings. The molecule has 0 radical (unpaired) electrons. The van der Waals surface area contributed by atoms with Crippen LogP contribution in [-0.2, 0) is 6.42 Å². The standard InChI is InChI=1S/C14H22BrNO/c1-14(2,9-11-17)16(3)10-8-12-6-4-5-7-13(12)15/h4-7,17H,8-11H2,1-3H3. The zero-order chi connectivity index (χ0) is 12.9. The minimum atomic E-state index is 0.0516. The second kappa shape index (κ2) is 6.53. The quantitative estimate of drug-likeness (QED) is 0.872. The Morgan fingerprint density at radius 3 is 2.53 bits per heavy atom. The van der Waals surface area contributed by atoms with Crippen LogP contribution in [0, 0.1) is 0 Å². The van der Waals surface area contributed by atoms with E-state index in [0.29, 0.717) is 0 Å². The minimum Gasteiger partial charge on any atom is -0.396 e. The first-order valence-corrected chi connectivity index (χ1v) is 6.82. The zero-order valence-corrected chi connectivity index (χ0v) is 12.5. The number of aliphatic hydroxyl groups excluding tert-OH is 1. The van der Waals surface area contributed by atoms with Crippen LogP contribution in [0.3, 0.4) is 0 Å². The number of rotatable bonds is 6. The van der Waals surface area contributed by atoms with Gasteiger partial charge in [0.05, 0.1) is 0 Å². The molecule has 1 aromatic carbocycles. The maximum Gasteiger partial charge on any atom is 0.0448 e. The third-order valence-electron chi connectivity index (χ3n) is 3.43. The predicted octanol–water partition coefficient (Wildman–Crippen LogP) is 3.08. The largest absolute Gasteiger partial charge is 0.396 e. The van der Waals surface area contributed by atoms with E-state index in [-0.39, 0.29) is 12.1 Å². The van der Waals surface area contributed by atoms with Crippen LogP contribution in [-0.4, -0.2) is 35.7 Å². The van der Waals surface area contributed by atoms with Crippen LogP contribution in [0.5, 0.6) is 0 Å². The van der Waals surface area contributed by atoms with Gasteiger partial charge in [-0.2, -0.15) is 0 Å². The van der Waals surface area contributed by atoms with Crippen LogP contribution in [0.15, 0.2) is 28.7 Å². The van der Waals surface area contributed by atoms with Gasteiger partial charge in [-0.3, -0.25) is 0 Å². The Labute approximate surface area is 113 Å². The van der Waals surface area contributed by atoms with Crippen molar-refractivity contribution in [1.29, 1.82) is 0 Å². The molecule has 0 aliphatic carbocycles. The summed E-state index contributed by atoms with van der Waals surface area (Å²) in [6.07, 6.45) is 1.83. The van der Waals surface area contributed by atoms with Gasteiger partial charge in [-0.1, -0.05) is 34.1 Å². The topological polar surface area (TPSA) is 23.5 Å². The summed E-state index contributed by atoms with van der Waals surface area (Å²) in [6.45, 7) is 5.58. The van der Waals surface area contributed by atoms with E-state index in [2.05, 4.69) is 59.9 Å². The molecule has 0 aliphatic rings. The SMILES string of the molecule is CN(CCc1ccccc1Br)C(C)(C)CCO. The number of nitrogens with zero attached hydrogens (tertiary/aromatic N) is 1. The molecule has 3 heteroatoms. The summed E-state index contributed by atoms with van der Waals surface area (Å²) < 4.78 is 1.17. The molecule has 0 atom stereocenters. The summed E-state index contributed by atoms with van der Waals surface area (Å²) in [5.41, 5.74) is 1.38.